The number of aromatic nitrogens is 4. The van der Waals surface area contributed by atoms with E-state index in [-0.39, 0.29) is 6.04 Å². The van der Waals surface area contributed by atoms with Crippen LogP contribution >= 0.6 is 0 Å². The number of anilines is 2. The van der Waals surface area contributed by atoms with Crippen LogP contribution in [0.1, 0.15) is 40.0 Å². The molecule has 1 atom stereocenters. The second-order valence-electron chi connectivity index (χ2n) is 6.45. The Morgan fingerprint density at radius 3 is 2.45 bits per heavy atom. The molecule has 0 bridgehead atoms. The van der Waals surface area contributed by atoms with Crippen molar-refractivity contribution in [3.63, 3.8) is 0 Å². The Balaban J connectivity index is 2.07. The highest BCUT2D eigenvalue weighted by molar-refractivity contribution is 5.73. The highest BCUT2D eigenvalue weighted by atomic mass is 16.6. The normalized spacial score (nSPS) is 13.4. The van der Waals surface area contributed by atoms with Crippen LogP contribution in [0.2, 0.25) is 0 Å². The van der Waals surface area contributed by atoms with E-state index in [0.29, 0.717) is 22.9 Å². The van der Waals surface area contributed by atoms with Gasteiger partial charge in [0.2, 0.25) is 11.3 Å². The predicted octanol–water partition coefficient (Wildman–Crippen LogP) is 1.82. The van der Waals surface area contributed by atoms with Crippen molar-refractivity contribution in [2.75, 3.05) is 24.3 Å². The van der Waals surface area contributed by atoms with E-state index in [4.69, 9.17) is 0 Å². The molecule has 122 valence electrons. The molecule has 0 fully saturated rings. The quantitative estimate of drug-likeness (QED) is 0.799. The monoisotopic (exact) mass is 308 g/mol. The highest BCUT2D eigenvalue weighted by Crippen LogP contribution is 2.23. The number of hydrogen-bond donors (Lipinski definition) is 2. The first-order chi connectivity index (χ1) is 10.3. The van der Waals surface area contributed by atoms with Crippen molar-refractivity contribution in [3.8, 4) is 0 Å². The predicted molar refractivity (Wildman–Crippen MR) is 85.0 cm³/mol. The van der Waals surface area contributed by atoms with Gasteiger partial charge in [0.25, 0.3) is 0 Å². The van der Waals surface area contributed by atoms with Gasteiger partial charge in [-0.3, -0.25) is 0 Å². The molecule has 2 aromatic heterocycles. The Labute approximate surface area is 129 Å². The summed E-state index contributed by atoms with van der Waals surface area (Å²) < 4.78 is 4.66. The van der Waals surface area contributed by atoms with Gasteiger partial charge in [0.05, 0.1) is 5.60 Å². The first-order valence-electron chi connectivity index (χ1n) is 7.43. The number of hydrogen-bond acceptors (Lipinski definition) is 8. The van der Waals surface area contributed by atoms with Crippen LogP contribution < -0.4 is 10.2 Å². The minimum Gasteiger partial charge on any atom is -0.390 e. The smallest absolute Gasteiger partial charge is 0.245 e. The van der Waals surface area contributed by atoms with Gasteiger partial charge < -0.3 is 15.3 Å². The molecule has 0 aliphatic heterocycles. The van der Waals surface area contributed by atoms with Crippen molar-refractivity contribution in [2.45, 2.75) is 51.7 Å². The molecule has 2 heterocycles. The van der Waals surface area contributed by atoms with Crippen molar-refractivity contribution in [1.82, 2.24) is 20.3 Å². The molecule has 0 aliphatic rings. The second-order valence-corrected chi connectivity index (χ2v) is 6.45. The zero-order chi connectivity index (χ0) is 16.3. The van der Waals surface area contributed by atoms with E-state index in [1.807, 2.05) is 32.8 Å². The van der Waals surface area contributed by atoms with E-state index < -0.39 is 5.60 Å². The number of nitrogens with one attached hydrogen (secondary N) is 1. The van der Waals surface area contributed by atoms with Crippen molar-refractivity contribution < 1.29 is 9.74 Å². The molecule has 0 radical (unpaired) electrons. The standard InChI is InChI=1S/C14H24N6O2/c1-9(7-6-8-14(2,3)21)15-12-13(20(4)5)17-11-10(16-12)18-22-19-11/h9,21H,6-8H2,1-5H3,(H,15,16,18)/t9-/m1/s1. The summed E-state index contributed by atoms with van der Waals surface area (Å²) in [4.78, 5) is 10.7. The van der Waals surface area contributed by atoms with E-state index in [1.165, 1.54) is 0 Å². The number of rotatable bonds is 7. The third-order valence-corrected chi connectivity index (χ3v) is 3.33. The van der Waals surface area contributed by atoms with Gasteiger partial charge in [-0.05, 0) is 50.3 Å². The summed E-state index contributed by atoms with van der Waals surface area (Å²) in [6, 6.07) is 0.202. The van der Waals surface area contributed by atoms with Crippen LogP contribution in [0.25, 0.3) is 11.3 Å². The zero-order valence-electron chi connectivity index (χ0n) is 13.8. The summed E-state index contributed by atoms with van der Waals surface area (Å²) in [6.45, 7) is 5.73. The lowest BCUT2D eigenvalue weighted by Gasteiger charge is -2.21. The minimum absolute atomic E-state index is 0.202. The Morgan fingerprint density at radius 1 is 1.23 bits per heavy atom. The van der Waals surface area contributed by atoms with E-state index in [1.54, 1.807) is 0 Å². The van der Waals surface area contributed by atoms with Crippen LogP contribution in [0.5, 0.6) is 0 Å². The Kier molecular flexibility index (Phi) is 4.80. The van der Waals surface area contributed by atoms with E-state index in [9.17, 15) is 5.11 Å². The molecule has 22 heavy (non-hydrogen) atoms. The highest BCUT2D eigenvalue weighted by Gasteiger charge is 2.17. The van der Waals surface area contributed by atoms with Gasteiger partial charge in [0.15, 0.2) is 11.6 Å². The number of fused-ring (bicyclic) bond motifs is 1. The summed E-state index contributed by atoms with van der Waals surface area (Å²) in [6.07, 6.45) is 2.61. The fourth-order valence-electron chi connectivity index (χ4n) is 2.18. The van der Waals surface area contributed by atoms with Crippen molar-refractivity contribution in [1.29, 1.82) is 0 Å². The van der Waals surface area contributed by atoms with Gasteiger partial charge >= 0.3 is 0 Å². The molecule has 0 saturated carbocycles. The topological polar surface area (TPSA) is 100 Å². The van der Waals surface area contributed by atoms with E-state index in [2.05, 4.69) is 37.2 Å². The Morgan fingerprint density at radius 2 is 1.86 bits per heavy atom. The number of nitrogens with zero attached hydrogens (tertiary/aromatic N) is 5. The van der Waals surface area contributed by atoms with Crippen molar-refractivity contribution in [3.05, 3.63) is 0 Å². The average molecular weight is 308 g/mol. The fourth-order valence-corrected chi connectivity index (χ4v) is 2.18. The maximum atomic E-state index is 9.76. The van der Waals surface area contributed by atoms with E-state index in [0.717, 1.165) is 19.3 Å². The largest absolute Gasteiger partial charge is 0.390 e. The van der Waals surface area contributed by atoms with Gasteiger partial charge in [-0.2, -0.15) is 0 Å². The molecule has 2 rings (SSSR count). The lowest BCUT2D eigenvalue weighted by Crippen LogP contribution is -2.23. The molecular formula is C14H24N6O2. The third-order valence-electron chi connectivity index (χ3n) is 3.33. The van der Waals surface area contributed by atoms with Crippen LogP contribution in [0.3, 0.4) is 0 Å². The third kappa shape index (κ3) is 4.27. The molecule has 0 unspecified atom stereocenters. The molecule has 2 N–H and O–H groups in total. The Bertz CT molecular complexity index is 619. The van der Waals surface area contributed by atoms with Crippen molar-refractivity contribution >= 4 is 22.9 Å². The lowest BCUT2D eigenvalue weighted by molar-refractivity contribution is 0.0680. The van der Waals surface area contributed by atoms with Crippen LogP contribution in [0.4, 0.5) is 11.6 Å². The summed E-state index contributed by atoms with van der Waals surface area (Å²) >= 11 is 0. The van der Waals surface area contributed by atoms with Crippen molar-refractivity contribution in [2.24, 2.45) is 0 Å². The SMILES string of the molecule is C[C@H](CCCC(C)(C)O)Nc1nc2nonc2nc1N(C)C. The molecular weight excluding hydrogens is 284 g/mol. The summed E-state index contributed by atoms with van der Waals surface area (Å²) in [5.41, 5.74) is 0.153. The minimum atomic E-state index is -0.625. The maximum Gasteiger partial charge on any atom is 0.245 e. The molecule has 8 heteroatoms. The van der Waals surface area contributed by atoms with Crippen LogP contribution in [0, 0.1) is 0 Å². The van der Waals surface area contributed by atoms with Gasteiger partial charge in [0, 0.05) is 20.1 Å². The molecule has 0 spiro atoms. The molecule has 0 aliphatic carbocycles. The molecule has 8 nitrogen and oxygen atoms in total. The molecule has 0 saturated heterocycles. The average Bonchev–Trinajstić information content (AvgIpc) is 2.83. The molecule has 0 amide bonds. The first kappa shape index (κ1) is 16.4. The zero-order valence-corrected chi connectivity index (χ0v) is 13.8. The summed E-state index contributed by atoms with van der Waals surface area (Å²) in [7, 11) is 3.79. The van der Waals surface area contributed by atoms with Crippen LogP contribution in [0.15, 0.2) is 4.63 Å². The van der Waals surface area contributed by atoms with Crippen LogP contribution in [-0.2, 0) is 0 Å². The summed E-state index contributed by atoms with van der Waals surface area (Å²) in [5, 5.41) is 20.6. The van der Waals surface area contributed by atoms with Gasteiger partial charge in [-0.1, -0.05) is 0 Å². The summed E-state index contributed by atoms with van der Waals surface area (Å²) in [5.74, 6) is 1.35. The second kappa shape index (κ2) is 6.43. The first-order valence-corrected chi connectivity index (χ1v) is 7.43. The van der Waals surface area contributed by atoms with Gasteiger partial charge in [0.1, 0.15) is 0 Å². The van der Waals surface area contributed by atoms with Crippen LogP contribution in [-0.4, -0.2) is 51.1 Å². The fraction of sp³-hybridized carbons (Fsp3) is 0.714. The van der Waals surface area contributed by atoms with Gasteiger partial charge in [-0.25, -0.2) is 14.6 Å². The van der Waals surface area contributed by atoms with E-state index >= 15 is 0 Å². The Hall–Kier alpha value is -1.96. The van der Waals surface area contributed by atoms with Gasteiger partial charge in [-0.15, -0.1) is 0 Å². The molecule has 2 aromatic rings. The maximum absolute atomic E-state index is 9.76. The molecule has 0 aromatic carbocycles. The lowest BCUT2D eigenvalue weighted by atomic mass is 10.00. The number of aliphatic hydroxyl groups is 1.